The van der Waals surface area contributed by atoms with Gasteiger partial charge in [-0.2, -0.15) is 5.10 Å². The lowest BCUT2D eigenvalue weighted by molar-refractivity contribution is 0.257. The van der Waals surface area contributed by atoms with Crippen molar-refractivity contribution in [3.05, 3.63) is 11.8 Å². The Morgan fingerprint density at radius 1 is 1.40 bits per heavy atom. The summed E-state index contributed by atoms with van der Waals surface area (Å²) in [6.07, 6.45) is 6.31. The smallest absolute Gasteiger partial charge is 0.257 e. The predicted octanol–water partition coefficient (Wildman–Crippen LogP) is 1.23. The molecule has 114 valence electrons. The Labute approximate surface area is 120 Å². The number of aromatic amines is 1. The Morgan fingerprint density at radius 2 is 2.15 bits per heavy atom. The second-order valence-electron chi connectivity index (χ2n) is 5.63. The average Bonchev–Trinajstić information content (AvgIpc) is 2.87. The number of hydrogen-bond donors (Lipinski definition) is 3. The Hall–Kier alpha value is -0.920. The molecule has 6 nitrogen and oxygen atoms in total. The summed E-state index contributed by atoms with van der Waals surface area (Å²) in [7, 11) is -1.72. The molecule has 1 aliphatic carbocycles. The van der Waals surface area contributed by atoms with E-state index in [1.807, 2.05) is 0 Å². The Balaban J connectivity index is 2.01. The minimum Gasteiger partial charge on any atom is -0.316 e. The van der Waals surface area contributed by atoms with Crippen molar-refractivity contribution in [1.29, 1.82) is 0 Å². The van der Waals surface area contributed by atoms with Gasteiger partial charge in [0.15, 0.2) is 5.03 Å². The molecular formula is C13H24N4O2S. The van der Waals surface area contributed by atoms with Crippen LogP contribution in [0.15, 0.2) is 11.2 Å². The second kappa shape index (κ2) is 6.69. The third-order valence-corrected chi connectivity index (χ3v) is 5.58. The zero-order valence-corrected chi connectivity index (χ0v) is 13.0. The Morgan fingerprint density at radius 3 is 2.85 bits per heavy atom. The number of rotatable bonds is 6. The fraction of sp³-hybridized carbons (Fsp3) is 0.769. The zero-order valence-electron chi connectivity index (χ0n) is 12.1. The van der Waals surface area contributed by atoms with Crippen LogP contribution in [-0.4, -0.2) is 32.2 Å². The number of aromatic nitrogens is 2. The van der Waals surface area contributed by atoms with E-state index in [0.29, 0.717) is 30.5 Å². The number of nitrogens with one attached hydrogen (secondary N) is 3. The van der Waals surface area contributed by atoms with Crippen molar-refractivity contribution in [3.63, 3.8) is 0 Å². The molecule has 2 unspecified atom stereocenters. The van der Waals surface area contributed by atoms with E-state index in [2.05, 4.69) is 27.2 Å². The van der Waals surface area contributed by atoms with E-state index in [1.54, 1.807) is 13.2 Å². The van der Waals surface area contributed by atoms with Crippen LogP contribution in [0.2, 0.25) is 0 Å². The molecule has 0 aliphatic heterocycles. The van der Waals surface area contributed by atoms with Crippen molar-refractivity contribution in [2.24, 2.45) is 11.8 Å². The quantitative estimate of drug-likeness (QED) is 0.737. The van der Waals surface area contributed by atoms with Crippen LogP contribution in [0, 0.1) is 11.8 Å². The summed E-state index contributed by atoms with van der Waals surface area (Å²) in [6.45, 7) is 3.20. The maximum atomic E-state index is 12.3. The van der Waals surface area contributed by atoms with Gasteiger partial charge in [-0.15, -0.1) is 0 Å². The van der Waals surface area contributed by atoms with Gasteiger partial charge in [0, 0.05) is 18.7 Å². The molecule has 2 rings (SSSR count). The first kappa shape index (κ1) is 15.5. The van der Waals surface area contributed by atoms with Gasteiger partial charge in [-0.1, -0.05) is 26.2 Å². The van der Waals surface area contributed by atoms with Crippen molar-refractivity contribution in [2.75, 3.05) is 13.6 Å². The van der Waals surface area contributed by atoms with Crippen LogP contribution in [0.5, 0.6) is 0 Å². The standard InChI is InChI=1S/C13H24N4O2S/c1-10-5-3-4-6-11(10)9-16-20(18,19)13-12(7-14-2)8-15-17-13/h8,10-11,14,16H,3-7,9H2,1-2H3,(H,15,17). The second-order valence-corrected chi connectivity index (χ2v) is 7.33. The molecule has 1 aliphatic rings. The molecule has 0 spiro atoms. The lowest BCUT2D eigenvalue weighted by atomic mass is 9.81. The molecule has 1 aromatic heterocycles. The molecule has 20 heavy (non-hydrogen) atoms. The summed E-state index contributed by atoms with van der Waals surface area (Å²) >= 11 is 0. The topological polar surface area (TPSA) is 86.9 Å². The maximum Gasteiger partial charge on any atom is 0.257 e. The van der Waals surface area contributed by atoms with Crippen LogP contribution in [0.25, 0.3) is 0 Å². The van der Waals surface area contributed by atoms with Gasteiger partial charge in [-0.3, -0.25) is 5.10 Å². The zero-order chi connectivity index (χ0) is 14.6. The average molecular weight is 300 g/mol. The van der Waals surface area contributed by atoms with Gasteiger partial charge < -0.3 is 5.32 Å². The lowest BCUT2D eigenvalue weighted by Gasteiger charge is -2.28. The van der Waals surface area contributed by atoms with E-state index in [1.165, 1.54) is 19.3 Å². The van der Waals surface area contributed by atoms with E-state index in [9.17, 15) is 8.42 Å². The van der Waals surface area contributed by atoms with Crippen molar-refractivity contribution in [1.82, 2.24) is 20.2 Å². The highest BCUT2D eigenvalue weighted by molar-refractivity contribution is 7.89. The van der Waals surface area contributed by atoms with Crippen molar-refractivity contribution < 1.29 is 8.42 Å². The monoisotopic (exact) mass is 300 g/mol. The van der Waals surface area contributed by atoms with Crippen LogP contribution in [0.3, 0.4) is 0 Å². The lowest BCUT2D eigenvalue weighted by Crippen LogP contribution is -2.34. The summed E-state index contributed by atoms with van der Waals surface area (Å²) < 4.78 is 27.4. The molecule has 0 amide bonds. The van der Waals surface area contributed by atoms with Gasteiger partial charge >= 0.3 is 0 Å². The van der Waals surface area contributed by atoms with Gasteiger partial charge in [0.1, 0.15) is 0 Å². The van der Waals surface area contributed by atoms with Gasteiger partial charge in [-0.25, -0.2) is 13.1 Å². The van der Waals surface area contributed by atoms with Crippen LogP contribution in [-0.2, 0) is 16.6 Å². The molecule has 3 N–H and O–H groups in total. The predicted molar refractivity (Wildman–Crippen MR) is 77.7 cm³/mol. The third kappa shape index (κ3) is 3.59. The summed E-state index contributed by atoms with van der Waals surface area (Å²) in [6, 6.07) is 0. The Bertz CT molecular complexity index is 526. The van der Waals surface area contributed by atoms with Crippen LogP contribution in [0.4, 0.5) is 0 Å². The molecule has 1 saturated carbocycles. The first-order valence-electron chi connectivity index (χ1n) is 7.21. The highest BCUT2D eigenvalue weighted by Gasteiger charge is 2.25. The first-order chi connectivity index (χ1) is 9.54. The number of hydrogen-bond acceptors (Lipinski definition) is 4. The number of nitrogens with zero attached hydrogens (tertiary/aromatic N) is 1. The summed E-state index contributed by atoms with van der Waals surface area (Å²) in [5.74, 6) is 1.03. The van der Waals surface area contributed by atoms with Gasteiger partial charge in [-0.05, 0) is 25.3 Å². The molecule has 2 atom stereocenters. The van der Waals surface area contributed by atoms with Crippen LogP contribution in [0.1, 0.15) is 38.2 Å². The van der Waals surface area contributed by atoms with E-state index < -0.39 is 10.0 Å². The van der Waals surface area contributed by atoms with Gasteiger partial charge in [0.2, 0.25) is 0 Å². The van der Waals surface area contributed by atoms with Crippen molar-refractivity contribution >= 4 is 10.0 Å². The van der Waals surface area contributed by atoms with Crippen LogP contribution < -0.4 is 10.0 Å². The number of sulfonamides is 1. The molecule has 0 saturated heterocycles. The fourth-order valence-corrected chi connectivity index (χ4v) is 4.05. The van der Waals surface area contributed by atoms with E-state index in [0.717, 1.165) is 6.42 Å². The molecular weight excluding hydrogens is 276 g/mol. The highest BCUT2D eigenvalue weighted by atomic mass is 32.2. The van der Waals surface area contributed by atoms with Crippen LogP contribution >= 0.6 is 0 Å². The third-order valence-electron chi connectivity index (χ3n) is 4.14. The minimum absolute atomic E-state index is 0.176. The molecule has 1 aromatic rings. The Kier molecular flexibility index (Phi) is 5.17. The van der Waals surface area contributed by atoms with E-state index >= 15 is 0 Å². The van der Waals surface area contributed by atoms with Crippen molar-refractivity contribution in [2.45, 2.75) is 44.2 Å². The highest BCUT2D eigenvalue weighted by Crippen LogP contribution is 2.29. The maximum absolute atomic E-state index is 12.3. The van der Waals surface area contributed by atoms with E-state index in [-0.39, 0.29) is 5.03 Å². The first-order valence-corrected chi connectivity index (χ1v) is 8.69. The summed E-state index contributed by atoms with van der Waals surface area (Å²) in [5, 5.41) is 9.54. The minimum atomic E-state index is -3.50. The summed E-state index contributed by atoms with van der Waals surface area (Å²) in [5.41, 5.74) is 0.664. The van der Waals surface area contributed by atoms with E-state index in [4.69, 9.17) is 0 Å². The molecule has 1 heterocycles. The number of H-pyrrole nitrogens is 1. The normalized spacial score (nSPS) is 23.9. The molecule has 0 radical (unpaired) electrons. The van der Waals surface area contributed by atoms with Crippen molar-refractivity contribution in [3.8, 4) is 0 Å². The molecule has 7 heteroatoms. The molecule has 1 fully saturated rings. The molecule has 0 bridgehead atoms. The molecule has 0 aromatic carbocycles. The van der Waals surface area contributed by atoms with Gasteiger partial charge in [0.05, 0.1) is 6.20 Å². The summed E-state index contributed by atoms with van der Waals surface area (Å²) in [4.78, 5) is 0. The SMILES string of the molecule is CNCc1cn[nH]c1S(=O)(=O)NCC1CCCCC1C. The fourth-order valence-electron chi connectivity index (χ4n) is 2.83. The van der Waals surface area contributed by atoms with Gasteiger partial charge in [0.25, 0.3) is 10.0 Å². The largest absolute Gasteiger partial charge is 0.316 e.